The van der Waals surface area contributed by atoms with E-state index in [0.717, 1.165) is 55.5 Å². The van der Waals surface area contributed by atoms with Gasteiger partial charge in [0.1, 0.15) is 0 Å². The molecule has 0 N–H and O–H groups in total. The summed E-state index contributed by atoms with van der Waals surface area (Å²) in [7, 11) is 0. The first-order chi connectivity index (χ1) is 54.6. The third kappa shape index (κ3) is 9.89. The topological polar surface area (TPSA) is 44.5 Å². The molecule has 0 fully saturated rings. The number of para-hydroxylation sites is 4. The lowest BCUT2D eigenvalue weighted by Gasteiger charge is -2.47. The van der Waals surface area contributed by atoms with Crippen LogP contribution in [0.1, 0.15) is 106 Å². The summed E-state index contributed by atoms with van der Waals surface area (Å²) in [6.07, 6.45) is 0. The minimum atomic E-state index is -0.831. The van der Waals surface area contributed by atoms with Gasteiger partial charge in [-0.05, 0) is 175 Å². The molecule has 0 saturated carbocycles. The Morgan fingerprint density at radius 3 is 1.14 bits per heavy atom. The van der Waals surface area contributed by atoms with Crippen LogP contribution < -0.4 is 26.2 Å². The van der Waals surface area contributed by atoms with Gasteiger partial charge in [0.05, 0.1) is 73.6 Å². The third-order valence-electron chi connectivity index (χ3n) is 19.6. The van der Waals surface area contributed by atoms with E-state index in [1.807, 2.05) is 109 Å². The first-order valence-corrected chi connectivity index (χ1v) is 33.1. The van der Waals surface area contributed by atoms with Crippen molar-refractivity contribution < 1.29 is 21.9 Å². The van der Waals surface area contributed by atoms with Crippen LogP contribution in [0, 0.1) is 17.9 Å². The van der Waals surface area contributed by atoms with Crippen molar-refractivity contribution in [2.75, 3.05) is 9.80 Å². The summed E-state index contributed by atoms with van der Waals surface area (Å²) >= 11 is 0. The molecule has 474 valence electrons. The van der Waals surface area contributed by atoms with Gasteiger partial charge in [0.2, 0.25) is 0 Å². The maximum absolute atomic E-state index is 10.9. The number of hydrogen-bond donors (Lipinski definition) is 0. The minimum Gasteiger partial charge on any atom is -0.310 e. The number of aromatic nitrogens is 2. The quantitative estimate of drug-likeness (QED) is 0.112. The van der Waals surface area contributed by atoms with E-state index in [0.29, 0.717) is 67.4 Å². The summed E-state index contributed by atoms with van der Waals surface area (Å²) in [6, 6.07) is 53.6. The summed E-state index contributed by atoms with van der Waals surface area (Å²) in [6.45, 7) is 27.0. The lowest BCUT2D eigenvalue weighted by atomic mass is 9.33. The molecule has 2 aromatic heterocycles. The molecular formula is C92H73BN6. The normalized spacial score (nSPS) is 15.1. The average Bonchev–Trinajstić information content (AvgIpc) is 1.07. The number of rotatable bonds is 8. The van der Waals surface area contributed by atoms with Gasteiger partial charge in [-0.3, -0.25) is 0 Å². The van der Waals surface area contributed by atoms with Crippen LogP contribution in [-0.4, -0.2) is 15.8 Å². The zero-order valence-corrected chi connectivity index (χ0v) is 56.1. The van der Waals surface area contributed by atoms with E-state index in [1.165, 1.54) is 9.13 Å². The van der Waals surface area contributed by atoms with Gasteiger partial charge in [0.15, 0.2) is 5.69 Å². The van der Waals surface area contributed by atoms with E-state index >= 15 is 0 Å². The summed E-state index contributed by atoms with van der Waals surface area (Å²) < 4.78 is 154. The van der Waals surface area contributed by atoms with Crippen LogP contribution in [0.3, 0.4) is 0 Å². The molecule has 15 aromatic rings. The van der Waals surface area contributed by atoms with Crippen molar-refractivity contribution in [1.82, 2.24) is 9.13 Å². The molecule has 2 aliphatic heterocycles. The Morgan fingerprint density at radius 2 is 0.747 bits per heavy atom. The van der Waals surface area contributed by atoms with Crippen LogP contribution in [0.15, 0.2) is 279 Å². The second-order valence-corrected chi connectivity index (χ2v) is 28.8. The van der Waals surface area contributed by atoms with Crippen molar-refractivity contribution in [1.29, 1.82) is 5.26 Å². The van der Waals surface area contributed by atoms with Gasteiger partial charge in [0.25, 0.3) is 6.71 Å². The summed E-state index contributed by atoms with van der Waals surface area (Å²) in [5.41, 5.74) is 14.0. The molecule has 0 radical (unpaired) electrons. The van der Waals surface area contributed by atoms with Crippen LogP contribution in [0.4, 0.5) is 39.8 Å². The van der Waals surface area contributed by atoms with Crippen LogP contribution >= 0.6 is 0 Å². The van der Waals surface area contributed by atoms with Crippen molar-refractivity contribution in [2.45, 2.75) is 78.6 Å². The van der Waals surface area contributed by atoms with E-state index in [4.69, 9.17) is 12.1 Å². The monoisotopic (exact) mass is 1290 g/mol. The third-order valence-corrected chi connectivity index (χ3v) is 19.6. The van der Waals surface area contributed by atoms with E-state index in [2.05, 4.69) is 144 Å². The SMILES string of the molecule is [2H]c1c([2H])c([2H])c2c(c1[2H])c1c([2H])c([2H])c([2H])c([2H])c1n2-c1ccc2c(c1)N(c1c(-c3ccccc3)cc(C(C)(C)C)cc1-c1cccc(C#N)c1)c1cc(C(C)(C)C)cc3c1B2c1ccc(-n2c4c([2H])c([2H])c([2H])c([2H])c4c4c([2H])c([2H])c([2H])c([2H])c42)cc1N3c1c(-c2ccccc2)cc(C(C)(C)C)cc1-c1cccc([N+]#[C-])c1. The Balaban J connectivity index is 1.12. The fourth-order valence-corrected chi connectivity index (χ4v) is 14.7. The molecule has 6 nitrogen and oxygen atoms in total. The molecule has 7 heteroatoms. The Bertz CT molecular complexity index is 6360. The second kappa shape index (κ2) is 22.9. The maximum Gasteiger partial charge on any atom is 0.252 e. The molecule has 4 heterocycles. The Morgan fingerprint density at radius 1 is 0.384 bits per heavy atom. The number of anilines is 6. The van der Waals surface area contributed by atoms with Gasteiger partial charge in [-0.25, -0.2) is 4.85 Å². The standard InChI is InChI=1S/C92H73BN6/c1-90(2,3)63-49-73(59-28-13-11-14-29-59)88(75(51-63)61-32-25-27-58(47-61)57-94)98-83-55-67(96-79-39-21-17-35-69(79)70-36-18-22-40-80(70)96)43-45-77(83)93-78-46-44-68(97-81-41-23-19-37-71(81)72-38-20-24-42-82(72)97)56-84(78)99(86-54-65(92(7,8)9)53-85(98)87(86)93)89-74(60-30-15-12-16-31-60)50-64(91(4,5)6)52-76(89)62-33-26-34-66(48-62)95-10/h11-56H,1-9H3/i17D,18D,19D,20D,21D,22D,23D,24D,35D,36D,37D,38D,39D,40D,41D,42D. The van der Waals surface area contributed by atoms with Crippen LogP contribution in [0.25, 0.3) is 104 Å². The predicted octanol–water partition coefficient (Wildman–Crippen LogP) is 22.9. The first kappa shape index (κ1) is 45.5. The van der Waals surface area contributed by atoms with Crippen molar-refractivity contribution >= 4 is 107 Å². The fraction of sp³-hybridized carbons (Fsp3) is 0.130. The van der Waals surface area contributed by atoms with Crippen molar-refractivity contribution in [3.05, 3.63) is 312 Å². The molecule has 13 aromatic carbocycles. The number of benzene rings is 13. The highest BCUT2D eigenvalue weighted by Gasteiger charge is 2.47. The smallest absolute Gasteiger partial charge is 0.252 e. The Kier molecular flexibility index (Phi) is 10.5. The Labute approximate surface area is 602 Å². The molecule has 99 heavy (non-hydrogen) atoms. The summed E-state index contributed by atoms with van der Waals surface area (Å²) in [5.74, 6) is 0. The van der Waals surface area contributed by atoms with Gasteiger partial charge < -0.3 is 18.9 Å². The molecular weight excluding hydrogens is 1200 g/mol. The summed E-state index contributed by atoms with van der Waals surface area (Å²) in [4.78, 5) is 8.51. The van der Waals surface area contributed by atoms with Gasteiger partial charge >= 0.3 is 0 Å². The maximum atomic E-state index is 10.9. The van der Waals surface area contributed by atoms with E-state index < -0.39 is 120 Å². The number of nitrogens with zero attached hydrogens (tertiary/aromatic N) is 6. The van der Waals surface area contributed by atoms with Crippen LogP contribution in [0.5, 0.6) is 0 Å². The van der Waals surface area contributed by atoms with Gasteiger partial charge in [0, 0.05) is 77.9 Å². The lowest BCUT2D eigenvalue weighted by molar-refractivity contribution is 0.590. The molecule has 0 bridgehead atoms. The fourth-order valence-electron chi connectivity index (χ4n) is 14.7. The van der Waals surface area contributed by atoms with E-state index in [-0.39, 0.29) is 55.0 Å². The molecule has 0 aliphatic carbocycles. The van der Waals surface area contributed by atoms with Crippen molar-refractivity contribution in [3.63, 3.8) is 0 Å². The first-order valence-electron chi connectivity index (χ1n) is 41.1. The van der Waals surface area contributed by atoms with Crippen molar-refractivity contribution in [2.24, 2.45) is 0 Å². The molecule has 0 unspecified atom stereocenters. The largest absolute Gasteiger partial charge is 0.310 e. The highest BCUT2D eigenvalue weighted by atomic mass is 15.2. The van der Waals surface area contributed by atoms with Gasteiger partial charge in [-0.15, -0.1) is 0 Å². The zero-order chi connectivity index (χ0) is 81.7. The van der Waals surface area contributed by atoms with E-state index in [9.17, 15) is 21.7 Å². The molecule has 17 rings (SSSR count). The molecule has 0 saturated heterocycles. The molecule has 2 aliphatic rings. The minimum absolute atomic E-state index is 0.0852. The Hall–Kier alpha value is -11.9. The summed E-state index contributed by atoms with van der Waals surface area (Å²) in [5, 5.41) is 10.5. The highest BCUT2D eigenvalue weighted by Crippen LogP contribution is 2.56. The lowest BCUT2D eigenvalue weighted by Crippen LogP contribution is -2.61. The number of nitriles is 1. The zero-order valence-electron chi connectivity index (χ0n) is 72.1. The molecule has 0 amide bonds. The number of fused-ring (bicyclic) bond motifs is 10. The average molecular weight is 1290 g/mol. The number of hydrogen-bond acceptors (Lipinski definition) is 3. The van der Waals surface area contributed by atoms with Crippen LogP contribution in [-0.2, 0) is 16.2 Å². The van der Waals surface area contributed by atoms with Gasteiger partial charge in [-0.1, -0.05) is 238 Å². The van der Waals surface area contributed by atoms with Crippen LogP contribution in [0.2, 0.25) is 0 Å². The molecule has 0 spiro atoms. The highest BCUT2D eigenvalue weighted by molar-refractivity contribution is 7.00. The van der Waals surface area contributed by atoms with E-state index in [1.54, 1.807) is 12.1 Å². The predicted molar refractivity (Wildman–Crippen MR) is 418 cm³/mol. The second-order valence-electron chi connectivity index (χ2n) is 28.8. The van der Waals surface area contributed by atoms with Crippen molar-refractivity contribution in [3.8, 4) is 62.0 Å². The molecule has 0 atom stereocenters. The van der Waals surface area contributed by atoms with Gasteiger partial charge in [-0.2, -0.15) is 5.26 Å².